The van der Waals surface area contributed by atoms with Crippen LogP contribution in [0.2, 0.25) is 0 Å². The van der Waals surface area contributed by atoms with E-state index in [-0.39, 0.29) is 5.91 Å². The van der Waals surface area contributed by atoms with Crippen LogP contribution in [0, 0.1) is 0 Å². The van der Waals surface area contributed by atoms with Crippen LogP contribution in [0.3, 0.4) is 0 Å². The van der Waals surface area contributed by atoms with Crippen molar-refractivity contribution in [3.8, 4) is 0 Å². The van der Waals surface area contributed by atoms with E-state index < -0.39 is 5.97 Å². The molecular formula is C8H15N2O3-. The zero-order chi connectivity index (χ0) is 10.3. The number of nitrogens with zero attached hydrogens (tertiary/aromatic N) is 1. The average Bonchev–Trinajstić information content (AvgIpc) is 2.04. The molecule has 1 aliphatic heterocycles. The molecule has 1 aliphatic rings. The minimum atomic E-state index is -1.08. The van der Waals surface area contributed by atoms with Crippen LogP contribution >= 0.6 is 0 Å². The summed E-state index contributed by atoms with van der Waals surface area (Å²) in [4.78, 5) is 21.6. The van der Waals surface area contributed by atoms with E-state index in [1.165, 1.54) is 0 Å². The molecule has 0 atom stereocenters. The zero-order valence-corrected chi connectivity index (χ0v) is 8.00. The Labute approximate surface area is 77.7 Å². The third-order valence-electron chi connectivity index (χ3n) is 1.57. The molecule has 1 heterocycles. The second kappa shape index (κ2) is 6.42. The van der Waals surface area contributed by atoms with E-state index in [0.717, 1.165) is 26.6 Å². The van der Waals surface area contributed by atoms with Crippen molar-refractivity contribution >= 4 is 11.9 Å². The molecule has 0 aliphatic carbocycles. The van der Waals surface area contributed by atoms with Crippen molar-refractivity contribution in [3.05, 3.63) is 0 Å². The Morgan fingerprint density at radius 1 is 1.69 bits per heavy atom. The number of aliphatic carboxylic acids is 1. The first kappa shape index (κ1) is 11.9. The summed E-state index contributed by atoms with van der Waals surface area (Å²) >= 11 is 0. The number of piperazine rings is 1. The molecule has 0 aromatic heterocycles. The molecule has 0 unspecified atom stereocenters. The van der Waals surface area contributed by atoms with Gasteiger partial charge in [-0.15, -0.1) is 0 Å². The van der Waals surface area contributed by atoms with Crippen LogP contribution in [0.15, 0.2) is 0 Å². The molecule has 0 spiro atoms. The monoisotopic (exact) mass is 187 g/mol. The summed E-state index contributed by atoms with van der Waals surface area (Å²) in [6, 6.07) is 0. The standard InChI is InChI=1S/C6H12N2O.C2H4O2/c1-2-8-4-3-7-5-6(8)9;1-2(3)4/h7H,2-5H2,1H3;1H3,(H,3,4)/p-1. The maximum atomic E-state index is 10.9. The molecule has 0 saturated carbocycles. The second-order valence-electron chi connectivity index (χ2n) is 2.64. The van der Waals surface area contributed by atoms with Crippen LogP contribution in [-0.2, 0) is 9.59 Å². The minimum Gasteiger partial charge on any atom is -0.550 e. The highest BCUT2D eigenvalue weighted by molar-refractivity contribution is 5.78. The second-order valence-corrected chi connectivity index (χ2v) is 2.64. The Bertz CT molecular complexity index is 178. The lowest BCUT2D eigenvalue weighted by Gasteiger charge is -2.25. The van der Waals surface area contributed by atoms with Crippen LogP contribution in [0.25, 0.3) is 0 Å². The third kappa shape index (κ3) is 6.10. The summed E-state index contributed by atoms with van der Waals surface area (Å²) in [5, 5.41) is 11.9. The van der Waals surface area contributed by atoms with E-state index in [4.69, 9.17) is 9.90 Å². The third-order valence-corrected chi connectivity index (χ3v) is 1.57. The quantitative estimate of drug-likeness (QED) is 0.525. The van der Waals surface area contributed by atoms with Crippen LogP contribution in [0.4, 0.5) is 0 Å². The van der Waals surface area contributed by atoms with E-state index in [1.807, 2.05) is 11.8 Å². The lowest BCUT2D eigenvalue weighted by molar-refractivity contribution is -0.302. The highest BCUT2D eigenvalue weighted by Crippen LogP contribution is 1.91. The summed E-state index contributed by atoms with van der Waals surface area (Å²) in [5.41, 5.74) is 0. The van der Waals surface area contributed by atoms with Gasteiger partial charge < -0.3 is 20.1 Å². The topological polar surface area (TPSA) is 72.5 Å². The molecule has 0 aromatic carbocycles. The van der Waals surface area contributed by atoms with Crippen LogP contribution < -0.4 is 10.4 Å². The summed E-state index contributed by atoms with van der Waals surface area (Å²) in [6.45, 7) is 6.16. The van der Waals surface area contributed by atoms with Gasteiger partial charge in [-0.2, -0.15) is 0 Å². The Morgan fingerprint density at radius 3 is 2.54 bits per heavy atom. The Morgan fingerprint density at radius 2 is 2.23 bits per heavy atom. The smallest absolute Gasteiger partial charge is 0.236 e. The fraction of sp³-hybridized carbons (Fsp3) is 0.750. The summed E-state index contributed by atoms with van der Waals surface area (Å²) in [7, 11) is 0. The summed E-state index contributed by atoms with van der Waals surface area (Å²) in [5.74, 6) is -0.858. The molecule has 0 bridgehead atoms. The van der Waals surface area contributed by atoms with Gasteiger partial charge in [-0.25, -0.2) is 0 Å². The van der Waals surface area contributed by atoms with Crippen molar-refractivity contribution in [3.63, 3.8) is 0 Å². The molecule has 1 rings (SSSR count). The molecule has 5 heteroatoms. The number of hydrogen-bond acceptors (Lipinski definition) is 4. The van der Waals surface area contributed by atoms with E-state index in [0.29, 0.717) is 6.54 Å². The molecule has 1 fully saturated rings. The first-order valence-corrected chi connectivity index (χ1v) is 4.24. The van der Waals surface area contributed by atoms with Gasteiger partial charge in [0, 0.05) is 25.6 Å². The van der Waals surface area contributed by atoms with E-state index in [2.05, 4.69) is 5.32 Å². The first-order chi connectivity index (χ1) is 6.07. The molecular weight excluding hydrogens is 172 g/mol. The highest BCUT2D eigenvalue weighted by atomic mass is 16.4. The number of hydrogen-bond donors (Lipinski definition) is 1. The lowest BCUT2D eigenvalue weighted by atomic mass is 10.3. The molecule has 1 N–H and O–H groups in total. The Hall–Kier alpha value is -1.10. The van der Waals surface area contributed by atoms with Gasteiger partial charge >= 0.3 is 0 Å². The number of rotatable bonds is 1. The fourth-order valence-corrected chi connectivity index (χ4v) is 0.980. The minimum absolute atomic E-state index is 0.226. The fourth-order valence-electron chi connectivity index (χ4n) is 0.980. The van der Waals surface area contributed by atoms with Crippen molar-refractivity contribution < 1.29 is 14.7 Å². The van der Waals surface area contributed by atoms with Crippen molar-refractivity contribution in [1.29, 1.82) is 0 Å². The molecule has 0 aromatic rings. The number of amides is 1. The summed E-state index contributed by atoms with van der Waals surface area (Å²) in [6.07, 6.45) is 0. The summed E-state index contributed by atoms with van der Waals surface area (Å²) < 4.78 is 0. The Kier molecular flexibility index (Phi) is 5.88. The largest absolute Gasteiger partial charge is 0.550 e. The lowest BCUT2D eigenvalue weighted by Crippen LogP contribution is -2.47. The number of likely N-dealkylation sites (N-methyl/N-ethyl adjacent to an activating group) is 1. The predicted molar refractivity (Wildman–Crippen MR) is 45.8 cm³/mol. The number of carboxylic acids is 1. The number of carboxylic acid groups (broad SMARTS) is 1. The van der Waals surface area contributed by atoms with Crippen LogP contribution in [0.5, 0.6) is 0 Å². The molecule has 1 saturated heterocycles. The van der Waals surface area contributed by atoms with Gasteiger partial charge in [-0.3, -0.25) is 4.79 Å². The zero-order valence-electron chi connectivity index (χ0n) is 8.00. The van der Waals surface area contributed by atoms with Crippen molar-refractivity contribution in [2.45, 2.75) is 13.8 Å². The molecule has 5 nitrogen and oxygen atoms in total. The van der Waals surface area contributed by atoms with Crippen LogP contribution in [0.1, 0.15) is 13.8 Å². The van der Waals surface area contributed by atoms with E-state index in [9.17, 15) is 4.79 Å². The van der Waals surface area contributed by atoms with Gasteiger partial charge in [0.25, 0.3) is 0 Å². The van der Waals surface area contributed by atoms with Crippen molar-refractivity contribution in [2.24, 2.45) is 0 Å². The molecule has 13 heavy (non-hydrogen) atoms. The van der Waals surface area contributed by atoms with Crippen molar-refractivity contribution in [1.82, 2.24) is 10.2 Å². The maximum absolute atomic E-state index is 10.9. The van der Waals surface area contributed by atoms with E-state index >= 15 is 0 Å². The van der Waals surface area contributed by atoms with Gasteiger partial charge in [0.05, 0.1) is 6.54 Å². The van der Waals surface area contributed by atoms with E-state index in [1.54, 1.807) is 0 Å². The van der Waals surface area contributed by atoms with Gasteiger partial charge in [0.2, 0.25) is 5.91 Å². The Balaban J connectivity index is 0.000000310. The number of carbonyl (C=O) groups is 2. The van der Waals surface area contributed by atoms with Crippen molar-refractivity contribution in [2.75, 3.05) is 26.2 Å². The first-order valence-electron chi connectivity index (χ1n) is 4.24. The molecule has 0 radical (unpaired) electrons. The highest BCUT2D eigenvalue weighted by Gasteiger charge is 2.14. The van der Waals surface area contributed by atoms with Gasteiger partial charge in [0.15, 0.2) is 0 Å². The van der Waals surface area contributed by atoms with Gasteiger partial charge in [0.1, 0.15) is 0 Å². The normalized spacial score (nSPS) is 16.2. The number of carbonyl (C=O) groups excluding carboxylic acids is 2. The maximum Gasteiger partial charge on any atom is 0.236 e. The van der Waals surface area contributed by atoms with Gasteiger partial charge in [-0.1, -0.05) is 0 Å². The number of nitrogens with one attached hydrogen (secondary N) is 1. The van der Waals surface area contributed by atoms with Crippen LogP contribution in [-0.4, -0.2) is 43.0 Å². The average molecular weight is 187 g/mol. The SMILES string of the molecule is CC(=O)[O-].CCN1CCNCC1=O. The molecule has 1 amide bonds. The predicted octanol–water partition coefficient (Wildman–Crippen LogP) is -1.81. The molecule has 76 valence electrons. The van der Waals surface area contributed by atoms with Gasteiger partial charge in [-0.05, 0) is 13.8 Å².